The van der Waals surface area contributed by atoms with Gasteiger partial charge in [-0.05, 0) is 30.4 Å². The molecule has 114 valence electrons. The van der Waals surface area contributed by atoms with Crippen molar-refractivity contribution in [1.29, 1.82) is 0 Å². The first kappa shape index (κ1) is 17.4. The molecule has 2 rings (SSSR count). The number of aliphatic hydroxyl groups excluding tert-OH is 1. The maximum atomic E-state index is 10.2. The zero-order valence-corrected chi connectivity index (χ0v) is 13.2. The Balaban J connectivity index is 0.00000200. The van der Waals surface area contributed by atoms with Crippen LogP contribution in [0.25, 0.3) is 0 Å². The Morgan fingerprint density at radius 2 is 1.95 bits per heavy atom. The van der Waals surface area contributed by atoms with Gasteiger partial charge < -0.3 is 20.3 Å². The van der Waals surface area contributed by atoms with Crippen LogP contribution in [0.4, 0.5) is 0 Å². The van der Waals surface area contributed by atoms with E-state index >= 15 is 0 Å². The van der Waals surface area contributed by atoms with Crippen molar-refractivity contribution in [3.8, 4) is 11.5 Å². The highest BCUT2D eigenvalue weighted by Crippen LogP contribution is 2.42. The summed E-state index contributed by atoms with van der Waals surface area (Å²) in [6.45, 7) is 0. The fraction of sp³-hybridized carbons (Fsp3) is 0.571. The van der Waals surface area contributed by atoms with Crippen LogP contribution >= 0.6 is 24.0 Å². The molecule has 6 heteroatoms. The molecule has 0 heterocycles. The van der Waals surface area contributed by atoms with Gasteiger partial charge in [0.05, 0.1) is 31.4 Å². The van der Waals surface area contributed by atoms with E-state index in [-0.39, 0.29) is 18.3 Å². The van der Waals surface area contributed by atoms with Gasteiger partial charge in [-0.1, -0.05) is 24.1 Å². The van der Waals surface area contributed by atoms with E-state index in [1.54, 1.807) is 19.2 Å². The minimum Gasteiger partial charge on any atom is -0.493 e. The lowest BCUT2D eigenvalue weighted by Gasteiger charge is -2.34. The maximum Gasteiger partial charge on any atom is 0.179 e. The van der Waals surface area contributed by atoms with Crippen molar-refractivity contribution >= 4 is 24.0 Å². The molecule has 3 N–H and O–H groups in total. The van der Waals surface area contributed by atoms with E-state index in [4.69, 9.17) is 26.8 Å². The standard InChI is InChI=1S/C14H20ClNO3.ClH/c1-18-10-7-6-9(11(15)14(10)19-2)12(16)13(17)8-4-3-5-8;/h6-8,12-13,17H,3-5,16H2,1-2H3;1H/t12-,13+;/m0./s1. The number of aliphatic hydroxyl groups is 1. The molecule has 20 heavy (non-hydrogen) atoms. The molecule has 1 saturated carbocycles. The third-order valence-electron chi connectivity index (χ3n) is 3.87. The van der Waals surface area contributed by atoms with E-state index in [9.17, 15) is 5.11 Å². The summed E-state index contributed by atoms with van der Waals surface area (Å²) >= 11 is 6.30. The zero-order valence-electron chi connectivity index (χ0n) is 11.6. The second-order valence-corrected chi connectivity index (χ2v) is 5.29. The summed E-state index contributed by atoms with van der Waals surface area (Å²) in [5, 5.41) is 10.7. The molecule has 0 aromatic heterocycles. The van der Waals surface area contributed by atoms with Crippen molar-refractivity contribution in [3.05, 3.63) is 22.7 Å². The summed E-state index contributed by atoms with van der Waals surface area (Å²) < 4.78 is 10.4. The fourth-order valence-corrected chi connectivity index (χ4v) is 2.78. The first-order valence-corrected chi connectivity index (χ1v) is 6.82. The first-order valence-electron chi connectivity index (χ1n) is 6.44. The lowest BCUT2D eigenvalue weighted by molar-refractivity contribution is 0.0413. The molecule has 1 fully saturated rings. The molecule has 0 bridgehead atoms. The Bertz CT molecular complexity index is 452. The average Bonchev–Trinajstić information content (AvgIpc) is 2.35. The molecule has 1 aliphatic rings. The Morgan fingerprint density at radius 1 is 1.30 bits per heavy atom. The number of ether oxygens (including phenoxy) is 2. The molecule has 0 spiro atoms. The number of rotatable bonds is 5. The van der Waals surface area contributed by atoms with Crippen molar-refractivity contribution in [2.24, 2.45) is 11.7 Å². The van der Waals surface area contributed by atoms with E-state index in [0.29, 0.717) is 22.1 Å². The number of benzene rings is 1. The Kier molecular flexibility index (Phi) is 6.40. The minimum absolute atomic E-state index is 0. The molecule has 4 nitrogen and oxygen atoms in total. The lowest BCUT2D eigenvalue weighted by Crippen LogP contribution is -2.36. The van der Waals surface area contributed by atoms with Crippen molar-refractivity contribution < 1.29 is 14.6 Å². The van der Waals surface area contributed by atoms with Crippen molar-refractivity contribution in [3.63, 3.8) is 0 Å². The lowest BCUT2D eigenvalue weighted by atomic mass is 9.77. The van der Waals surface area contributed by atoms with Crippen LogP contribution in [0.15, 0.2) is 12.1 Å². The fourth-order valence-electron chi connectivity index (χ4n) is 2.42. The van der Waals surface area contributed by atoms with Crippen molar-refractivity contribution in [2.45, 2.75) is 31.4 Å². The predicted molar refractivity (Wildman–Crippen MR) is 82.1 cm³/mol. The summed E-state index contributed by atoms with van der Waals surface area (Å²) in [5.41, 5.74) is 6.83. The summed E-state index contributed by atoms with van der Waals surface area (Å²) in [7, 11) is 3.08. The molecule has 1 aromatic rings. The van der Waals surface area contributed by atoms with Gasteiger partial charge >= 0.3 is 0 Å². The molecular weight excluding hydrogens is 301 g/mol. The van der Waals surface area contributed by atoms with Gasteiger partial charge in [0, 0.05) is 0 Å². The van der Waals surface area contributed by atoms with Crippen molar-refractivity contribution in [1.82, 2.24) is 0 Å². The number of halogens is 2. The maximum absolute atomic E-state index is 10.2. The number of hydrogen-bond donors (Lipinski definition) is 2. The molecule has 1 aromatic carbocycles. The first-order chi connectivity index (χ1) is 9.10. The Hall–Kier alpha value is -0.680. The van der Waals surface area contributed by atoms with Crippen LogP contribution in [-0.2, 0) is 0 Å². The van der Waals surface area contributed by atoms with Gasteiger partial charge in [-0.2, -0.15) is 0 Å². The summed E-state index contributed by atoms with van der Waals surface area (Å²) in [6, 6.07) is 3.04. The second-order valence-electron chi connectivity index (χ2n) is 4.91. The van der Waals surface area contributed by atoms with E-state index < -0.39 is 12.1 Å². The summed E-state index contributed by atoms with van der Waals surface area (Å²) in [6.07, 6.45) is 2.65. The molecule has 0 aliphatic heterocycles. The molecule has 0 radical (unpaired) electrons. The van der Waals surface area contributed by atoms with E-state index in [1.165, 1.54) is 7.11 Å². The van der Waals surface area contributed by atoms with E-state index in [1.807, 2.05) is 0 Å². The third kappa shape index (κ3) is 3.14. The SMILES string of the molecule is COc1ccc([C@H](N)[C@H](O)C2CCC2)c(Cl)c1OC.Cl. The van der Waals surface area contributed by atoms with Crippen LogP contribution in [0.2, 0.25) is 5.02 Å². The Labute approximate surface area is 130 Å². The van der Waals surface area contributed by atoms with Gasteiger partial charge in [-0.25, -0.2) is 0 Å². The second kappa shape index (κ2) is 7.36. The van der Waals surface area contributed by atoms with Gasteiger partial charge in [0.25, 0.3) is 0 Å². The van der Waals surface area contributed by atoms with Crippen LogP contribution in [-0.4, -0.2) is 25.4 Å². The number of nitrogens with two attached hydrogens (primary N) is 1. The van der Waals surface area contributed by atoms with Crippen LogP contribution in [0, 0.1) is 5.92 Å². The Morgan fingerprint density at radius 3 is 2.40 bits per heavy atom. The van der Waals surface area contributed by atoms with Crippen LogP contribution in [0.5, 0.6) is 11.5 Å². The smallest absolute Gasteiger partial charge is 0.179 e. The molecule has 0 amide bonds. The van der Waals surface area contributed by atoms with Gasteiger partial charge in [0.15, 0.2) is 11.5 Å². The number of hydrogen-bond acceptors (Lipinski definition) is 4. The molecule has 0 saturated heterocycles. The topological polar surface area (TPSA) is 64.7 Å². The van der Waals surface area contributed by atoms with Crippen molar-refractivity contribution in [2.75, 3.05) is 14.2 Å². The summed E-state index contributed by atoms with van der Waals surface area (Å²) in [4.78, 5) is 0. The van der Waals surface area contributed by atoms with Crippen LogP contribution in [0.1, 0.15) is 30.9 Å². The van der Waals surface area contributed by atoms with Crippen LogP contribution < -0.4 is 15.2 Å². The van der Waals surface area contributed by atoms with E-state index in [0.717, 1.165) is 19.3 Å². The van der Waals surface area contributed by atoms with Gasteiger partial charge in [0.2, 0.25) is 0 Å². The highest BCUT2D eigenvalue weighted by molar-refractivity contribution is 6.33. The van der Waals surface area contributed by atoms with Gasteiger partial charge in [-0.3, -0.25) is 0 Å². The highest BCUT2D eigenvalue weighted by Gasteiger charge is 2.32. The summed E-state index contributed by atoms with van der Waals surface area (Å²) in [5.74, 6) is 1.29. The monoisotopic (exact) mass is 321 g/mol. The van der Waals surface area contributed by atoms with E-state index in [2.05, 4.69) is 0 Å². The average molecular weight is 322 g/mol. The molecular formula is C14H21Cl2NO3. The van der Waals surface area contributed by atoms with Gasteiger partial charge in [0.1, 0.15) is 0 Å². The highest BCUT2D eigenvalue weighted by atomic mass is 35.5. The normalized spacial score (nSPS) is 17.6. The predicted octanol–water partition coefficient (Wildman–Crippen LogP) is 2.94. The molecule has 1 aliphatic carbocycles. The minimum atomic E-state index is -0.565. The quantitative estimate of drug-likeness (QED) is 0.875. The van der Waals surface area contributed by atoms with Crippen LogP contribution in [0.3, 0.4) is 0 Å². The van der Waals surface area contributed by atoms with Gasteiger partial charge in [-0.15, -0.1) is 12.4 Å². The third-order valence-corrected chi connectivity index (χ3v) is 4.26. The molecule has 2 atom stereocenters. The zero-order chi connectivity index (χ0) is 14.0. The largest absolute Gasteiger partial charge is 0.493 e. The molecule has 0 unspecified atom stereocenters. The number of methoxy groups -OCH3 is 2.